The maximum Gasteiger partial charge on any atom is 0.490 e. The fourth-order valence-electron chi connectivity index (χ4n) is 3.32. The number of anilines is 1. The highest BCUT2D eigenvalue weighted by atomic mass is 19.4. The number of hydrogen-bond acceptors (Lipinski definition) is 9. The molecule has 12 nitrogen and oxygen atoms in total. The number of nitrogens with one attached hydrogen (secondary N) is 2. The Balaban J connectivity index is 0.000000860. The first-order valence-corrected chi connectivity index (χ1v) is 12.2. The highest BCUT2D eigenvalue weighted by molar-refractivity contribution is 6.02. The number of carboxylic acid groups (broad SMARTS) is 1. The molecule has 0 spiro atoms. The van der Waals surface area contributed by atoms with Crippen LogP contribution in [0.4, 0.5) is 41.3 Å². The number of carbonyl (C=O) groups is 3. The number of aliphatic imine (C=N–C) groups is 1. The quantitative estimate of drug-likeness (QED) is 0.392. The second-order valence-electron chi connectivity index (χ2n) is 10.0. The van der Waals surface area contributed by atoms with Crippen LogP contribution in [0.5, 0.6) is 5.75 Å². The normalized spacial score (nSPS) is 18.5. The zero-order valence-electron chi connectivity index (χ0n) is 23.6. The van der Waals surface area contributed by atoms with Crippen molar-refractivity contribution in [1.29, 1.82) is 0 Å². The van der Waals surface area contributed by atoms with Crippen molar-refractivity contribution in [1.82, 2.24) is 15.3 Å². The summed E-state index contributed by atoms with van der Waals surface area (Å²) < 4.78 is 102. The minimum atomic E-state index is -5.08. The number of carbonyl (C=O) groups excluding carboxylic acids is 2. The Labute approximate surface area is 244 Å². The van der Waals surface area contributed by atoms with Gasteiger partial charge in [-0.2, -0.15) is 26.3 Å². The summed E-state index contributed by atoms with van der Waals surface area (Å²) in [5.74, 6) is -4.18. The molecule has 2 atom stereocenters. The van der Waals surface area contributed by atoms with Crippen LogP contribution < -0.4 is 15.4 Å². The lowest BCUT2D eigenvalue weighted by molar-refractivity contribution is -0.208. The van der Waals surface area contributed by atoms with Gasteiger partial charge in [-0.25, -0.2) is 34.3 Å². The maximum absolute atomic E-state index is 14.9. The Morgan fingerprint density at radius 1 is 1.05 bits per heavy atom. The first-order chi connectivity index (χ1) is 20.0. The van der Waals surface area contributed by atoms with Crippen LogP contribution in [0.1, 0.15) is 50.3 Å². The third-order valence-electron chi connectivity index (χ3n) is 5.20. The summed E-state index contributed by atoms with van der Waals surface area (Å²) in [4.78, 5) is 45.5. The molecule has 2 aromatic rings. The van der Waals surface area contributed by atoms with Gasteiger partial charge in [-0.3, -0.25) is 4.79 Å². The lowest BCUT2D eigenvalue weighted by atomic mass is 9.89. The molecular formula is C25H26F7N5O7. The Hall–Kier alpha value is -4.71. The molecule has 0 aliphatic carbocycles. The molecule has 0 radical (unpaired) electrons. The highest BCUT2D eigenvalue weighted by Gasteiger charge is 2.51. The van der Waals surface area contributed by atoms with Crippen LogP contribution in [-0.4, -0.2) is 70.2 Å². The van der Waals surface area contributed by atoms with Crippen LogP contribution in [0, 0.1) is 5.82 Å². The number of alkyl carbamates (subject to hydrolysis) is 1. The smallest absolute Gasteiger partial charge is 0.490 e. The molecule has 0 unspecified atom stereocenters. The van der Waals surface area contributed by atoms with Gasteiger partial charge < -0.3 is 24.6 Å². The number of hydrogen-bond donors (Lipinski definition) is 3. The SMILES string of the molecule is COc1ccc(C(=O)Nc2ccc(F)c([C@]3(C)C[C@@H](C(F)(F)F)OC(NC(=O)OC(C)(C)C)=N3)n2)nc1.O=C(O)C(F)(F)F. The summed E-state index contributed by atoms with van der Waals surface area (Å²) in [6.07, 6.45) is -13.1. The molecular weight excluding hydrogens is 615 g/mol. The molecule has 1 aliphatic rings. The minimum absolute atomic E-state index is 0.00948. The molecule has 2 amide bonds. The van der Waals surface area contributed by atoms with Crippen molar-refractivity contribution >= 4 is 29.8 Å². The largest absolute Gasteiger partial charge is 0.495 e. The lowest BCUT2D eigenvalue weighted by Crippen LogP contribution is -2.49. The van der Waals surface area contributed by atoms with Crippen molar-refractivity contribution < 1.29 is 64.4 Å². The first-order valence-electron chi connectivity index (χ1n) is 12.2. The average molecular weight is 641 g/mol. The van der Waals surface area contributed by atoms with Crippen molar-refractivity contribution in [3.05, 3.63) is 47.7 Å². The van der Waals surface area contributed by atoms with E-state index < -0.39 is 71.5 Å². The highest BCUT2D eigenvalue weighted by Crippen LogP contribution is 2.40. The number of nitrogens with zero attached hydrogens (tertiary/aromatic N) is 3. The van der Waals surface area contributed by atoms with Crippen molar-refractivity contribution in [2.45, 2.75) is 63.7 Å². The monoisotopic (exact) mass is 641 g/mol. The molecule has 3 heterocycles. The van der Waals surface area contributed by atoms with Crippen molar-refractivity contribution in [3.8, 4) is 5.75 Å². The minimum Gasteiger partial charge on any atom is -0.495 e. The van der Waals surface area contributed by atoms with Crippen LogP contribution in [-0.2, 0) is 19.8 Å². The van der Waals surface area contributed by atoms with Gasteiger partial charge in [-0.05, 0) is 52.0 Å². The second-order valence-corrected chi connectivity index (χ2v) is 10.0. The van der Waals surface area contributed by atoms with E-state index in [2.05, 4.69) is 20.3 Å². The van der Waals surface area contributed by atoms with Crippen molar-refractivity contribution in [2.24, 2.45) is 4.99 Å². The number of aliphatic carboxylic acids is 1. The van der Waals surface area contributed by atoms with E-state index in [0.29, 0.717) is 5.75 Å². The van der Waals surface area contributed by atoms with Crippen molar-refractivity contribution in [2.75, 3.05) is 12.4 Å². The maximum atomic E-state index is 14.9. The van der Waals surface area contributed by atoms with Crippen LogP contribution >= 0.6 is 0 Å². The first kappa shape index (κ1) is 35.5. The predicted molar refractivity (Wildman–Crippen MR) is 136 cm³/mol. The fourth-order valence-corrected chi connectivity index (χ4v) is 3.32. The number of alkyl halides is 6. The Morgan fingerprint density at radius 3 is 2.14 bits per heavy atom. The number of amides is 2. The topological polar surface area (TPSA) is 161 Å². The van der Waals surface area contributed by atoms with Gasteiger partial charge >= 0.3 is 24.4 Å². The number of pyridine rings is 2. The number of halogens is 7. The standard InChI is InChI=1S/C23H25F4N5O5.C2HF3O2/c1-21(2,3)37-20(34)31-19-32-22(4,10-15(36-19)23(25,26)27)17-13(24)7-9-16(29-17)30-18(33)14-8-6-12(35-5)11-28-14;3-2(4,5)1(6)7/h6-9,11,15H,10H2,1-5H3,(H,29,30,33)(H,31,32,34);(H,6,7)/t15-,22-;/m0./s1. The molecule has 0 aromatic carbocycles. The molecule has 3 N–H and O–H groups in total. The van der Waals surface area contributed by atoms with E-state index in [4.69, 9.17) is 24.1 Å². The molecule has 19 heteroatoms. The van der Waals surface area contributed by atoms with Gasteiger partial charge in [0, 0.05) is 6.42 Å². The van der Waals surface area contributed by atoms with Gasteiger partial charge in [0.2, 0.25) is 0 Å². The summed E-state index contributed by atoms with van der Waals surface area (Å²) in [5, 5.41) is 11.6. The number of amidine groups is 1. The summed E-state index contributed by atoms with van der Waals surface area (Å²) in [7, 11) is 1.43. The summed E-state index contributed by atoms with van der Waals surface area (Å²) >= 11 is 0. The van der Waals surface area contributed by atoms with E-state index in [1.807, 2.05) is 5.32 Å². The summed E-state index contributed by atoms with van der Waals surface area (Å²) in [6, 6.07) is 4.13. The Kier molecular flexibility index (Phi) is 10.7. The van der Waals surface area contributed by atoms with Gasteiger partial charge in [0.15, 0.2) is 6.10 Å². The van der Waals surface area contributed by atoms with Crippen molar-refractivity contribution in [3.63, 3.8) is 0 Å². The van der Waals surface area contributed by atoms with E-state index in [-0.39, 0.29) is 11.5 Å². The third kappa shape index (κ3) is 10.2. The number of ether oxygens (including phenoxy) is 3. The van der Waals surface area contributed by atoms with Gasteiger partial charge in [-0.15, -0.1) is 0 Å². The zero-order chi connectivity index (χ0) is 33.7. The Bertz CT molecular complexity index is 1390. The molecule has 0 bridgehead atoms. The average Bonchev–Trinajstić information content (AvgIpc) is 2.87. The van der Waals surface area contributed by atoms with E-state index in [1.54, 1.807) is 20.8 Å². The van der Waals surface area contributed by atoms with Gasteiger partial charge in [-0.1, -0.05) is 0 Å². The molecule has 44 heavy (non-hydrogen) atoms. The fraction of sp³-hybridized carbons (Fsp3) is 0.440. The van der Waals surface area contributed by atoms with Crippen LogP contribution in [0.25, 0.3) is 0 Å². The molecule has 2 aromatic heterocycles. The number of carboxylic acids is 1. The number of aromatic nitrogens is 2. The number of rotatable bonds is 4. The number of methoxy groups -OCH3 is 1. The lowest BCUT2D eigenvalue weighted by Gasteiger charge is -2.36. The van der Waals surface area contributed by atoms with E-state index in [0.717, 1.165) is 12.1 Å². The molecule has 0 fully saturated rings. The third-order valence-corrected chi connectivity index (χ3v) is 5.20. The van der Waals surface area contributed by atoms with Crippen LogP contribution in [0.15, 0.2) is 35.5 Å². The molecule has 242 valence electrons. The van der Waals surface area contributed by atoms with Gasteiger partial charge in [0.1, 0.15) is 39.9 Å². The molecule has 0 saturated carbocycles. The second kappa shape index (κ2) is 13.3. The van der Waals surface area contributed by atoms with Crippen LogP contribution in [0.2, 0.25) is 0 Å². The summed E-state index contributed by atoms with van der Waals surface area (Å²) in [5.41, 5.74) is -3.41. The predicted octanol–water partition coefficient (Wildman–Crippen LogP) is 4.96. The van der Waals surface area contributed by atoms with Gasteiger partial charge in [0.25, 0.3) is 11.9 Å². The van der Waals surface area contributed by atoms with E-state index in [9.17, 15) is 40.3 Å². The Morgan fingerprint density at radius 2 is 1.66 bits per heavy atom. The molecule has 1 aliphatic heterocycles. The molecule has 0 saturated heterocycles. The van der Waals surface area contributed by atoms with Gasteiger partial charge in [0.05, 0.1) is 13.3 Å². The van der Waals surface area contributed by atoms with Crippen LogP contribution in [0.3, 0.4) is 0 Å². The molecule has 3 rings (SSSR count). The zero-order valence-corrected chi connectivity index (χ0v) is 23.6. The van der Waals surface area contributed by atoms with E-state index in [1.165, 1.54) is 32.4 Å². The summed E-state index contributed by atoms with van der Waals surface area (Å²) in [6.45, 7) is 5.87. The van der Waals surface area contributed by atoms with E-state index >= 15 is 0 Å².